The molecule has 1 aromatic carbocycles. The first-order valence-corrected chi connectivity index (χ1v) is 9.67. The maximum atomic E-state index is 12.3. The number of benzene rings is 1. The lowest BCUT2D eigenvalue weighted by molar-refractivity contribution is -0.119. The van der Waals surface area contributed by atoms with Gasteiger partial charge in [-0.3, -0.25) is 10.1 Å². The van der Waals surface area contributed by atoms with Crippen LogP contribution in [0.4, 0.5) is 4.79 Å². The summed E-state index contributed by atoms with van der Waals surface area (Å²) in [6.07, 6.45) is 2.11. The Hall–Kier alpha value is -2.46. The summed E-state index contributed by atoms with van der Waals surface area (Å²) >= 11 is 1.20. The molecule has 0 aliphatic carbocycles. The predicted octanol–water partition coefficient (Wildman–Crippen LogP) is 1.36. The van der Waals surface area contributed by atoms with Crippen LogP contribution in [0.1, 0.15) is 25.3 Å². The number of rotatable bonds is 7. The minimum absolute atomic E-state index is 0.0979. The van der Waals surface area contributed by atoms with Crippen LogP contribution in [-0.4, -0.2) is 50.1 Å². The smallest absolute Gasteiger partial charge is 0.321 e. The van der Waals surface area contributed by atoms with Gasteiger partial charge in [0, 0.05) is 13.2 Å². The van der Waals surface area contributed by atoms with Gasteiger partial charge in [-0.1, -0.05) is 42.1 Å². The van der Waals surface area contributed by atoms with Crippen LogP contribution in [0.15, 0.2) is 35.5 Å². The molecule has 1 saturated heterocycles. The van der Waals surface area contributed by atoms with E-state index in [0.29, 0.717) is 18.2 Å². The molecule has 0 unspecified atom stereocenters. The van der Waals surface area contributed by atoms with E-state index >= 15 is 0 Å². The number of tetrazole rings is 1. The van der Waals surface area contributed by atoms with E-state index in [1.165, 1.54) is 11.8 Å². The highest BCUT2D eigenvalue weighted by atomic mass is 32.2. The van der Waals surface area contributed by atoms with E-state index in [-0.39, 0.29) is 6.10 Å². The normalized spacial score (nSPS) is 17.4. The van der Waals surface area contributed by atoms with Gasteiger partial charge >= 0.3 is 6.03 Å². The summed E-state index contributed by atoms with van der Waals surface area (Å²) < 4.78 is 7.23. The number of nitrogens with zero attached hydrogens (tertiary/aromatic N) is 4. The number of amides is 3. The summed E-state index contributed by atoms with van der Waals surface area (Å²) in [5.74, 6) is -0.405. The Morgan fingerprint density at radius 3 is 2.93 bits per heavy atom. The third-order valence-corrected chi connectivity index (χ3v) is 5.15. The summed E-state index contributed by atoms with van der Waals surface area (Å²) in [7, 11) is 0. The lowest BCUT2D eigenvalue weighted by Crippen LogP contribution is -2.42. The second kappa shape index (κ2) is 9.47. The monoisotopic (exact) mass is 390 g/mol. The number of aromatic nitrogens is 4. The van der Waals surface area contributed by atoms with Gasteiger partial charge in [0.15, 0.2) is 0 Å². The molecule has 27 heavy (non-hydrogen) atoms. The standard InChI is InChI=1S/C17H22N6O3S/c1-12(15(24)19-16(25)18-10-13-6-3-2-4-7-13)27-17-20-21-22-23(17)11-14-8-5-9-26-14/h2-4,6-7,12,14H,5,8-11H2,1H3,(H2,18,19,24,25)/t12-,14+/m0/s1. The van der Waals surface area contributed by atoms with Gasteiger partial charge in [0.2, 0.25) is 11.1 Å². The molecule has 0 saturated carbocycles. The molecule has 1 aliphatic rings. The number of carbonyl (C=O) groups is 2. The molecule has 0 bridgehead atoms. The van der Waals surface area contributed by atoms with Gasteiger partial charge in [0.05, 0.1) is 17.9 Å². The predicted molar refractivity (Wildman–Crippen MR) is 98.9 cm³/mol. The Labute approximate surface area is 161 Å². The summed E-state index contributed by atoms with van der Waals surface area (Å²) in [4.78, 5) is 24.2. The molecule has 0 spiro atoms. The first-order chi connectivity index (χ1) is 13.1. The van der Waals surface area contributed by atoms with Gasteiger partial charge in [-0.05, 0) is 35.8 Å². The molecule has 1 fully saturated rings. The van der Waals surface area contributed by atoms with Crippen LogP contribution in [0.25, 0.3) is 0 Å². The Morgan fingerprint density at radius 2 is 2.19 bits per heavy atom. The van der Waals surface area contributed by atoms with E-state index in [1.807, 2.05) is 30.3 Å². The Balaban J connectivity index is 1.46. The van der Waals surface area contributed by atoms with Crippen LogP contribution in [0.5, 0.6) is 0 Å². The van der Waals surface area contributed by atoms with E-state index < -0.39 is 17.2 Å². The fraction of sp³-hybridized carbons (Fsp3) is 0.471. The lowest BCUT2D eigenvalue weighted by atomic mass is 10.2. The molecule has 1 aliphatic heterocycles. The number of hydrogen-bond acceptors (Lipinski definition) is 7. The third kappa shape index (κ3) is 5.76. The van der Waals surface area contributed by atoms with Gasteiger partial charge in [0.25, 0.3) is 0 Å². The molecule has 3 amide bonds. The van der Waals surface area contributed by atoms with E-state index in [1.54, 1.807) is 11.6 Å². The molecule has 2 heterocycles. The average Bonchev–Trinajstić information content (AvgIpc) is 3.34. The first-order valence-electron chi connectivity index (χ1n) is 8.79. The van der Waals surface area contributed by atoms with Crippen LogP contribution in [0.3, 0.4) is 0 Å². The molecule has 10 heteroatoms. The van der Waals surface area contributed by atoms with E-state index in [4.69, 9.17) is 4.74 Å². The minimum atomic E-state index is -0.532. The van der Waals surface area contributed by atoms with Crippen molar-refractivity contribution in [3.8, 4) is 0 Å². The van der Waals surface area contributed by atoms with E-state index in [2.05, 4.69) is 26.2 Å². The van der Waals surface area contributed by atoms with Crippen molar-refractivity contribution in [1.82, 2.24) is 30.8 Å². The quantitative estimate of drug-likeness (QED) is 0.687. The van der Waals surface area contributed by atoms with Crippen molar-refractivity contribution in [2.45, 2.75) is 49.4 Å². The number of thioether (sulfide) groups is 1. The molecular formula is C17H22N6O3S. The summed E-state index contributed by atoms with van der Waals surface area (Å²) in [6, 6.07) is 8.94. The van der Waals surface area contributed by atoms with Crippen molar-refractivity contribution in [3.05, 3.63) is 35.9 Å². The van der Waals surface area contributed by atoms with Crippen molar-refractivity contribution < 1.29 is 14.3 Å². The molecule has 2 atom stereocenters. The Morgan fingerprint density at radius 1 is 1.37 bits per heavy atom. The zero-order valence-corrected chi connectivity index (χ0v) is 15.8. The highest BCUT2D eigenvalue weighted by molar-refractivity contribution is 8.00. The number of hydrogen-bond donors (Lipinski definition) is 2. The van der Waals surface area contributed by atoms with Crippen LogP contribution < -0.4 is 10.6 Å². The van der Waals surface area contributed by atoms with Gasteiger partial charge in [-0.15, -0.1) is 5.10 Å². The molecular weight excluding hydrogens is 368 g/mol. The van der Waals surface area contributed by atoms with Crippen molar-refractivity contribution in [1.29, 1.82) is 0 Å². The summed E-state index contributed by atoms with van der Waals surface area (Å²) in [5.41, 5.74) is 0.954. The minimum Gasteiger partial charge on any atom is -0.376 e. The summed E-state index contributed by atoms with van der Waals surface area (Å²) in [6.45, 7) is 3.37. The Kier molecular flexibility index (Phi) is 6.77. The third-order valence-electron chi connectivity index (χ3n) is 4.08. The molecule has 1 aromatic heterocycles. The van der Waals surface area contributed by atoms with Crippen LogP contribution in [0.2, 0.25) is 0 Å². The second-order valence-corrected chi connectivity index (χ2v) is 7.50. The topological polar surface area (TPSA) is 111 Å². The zero-order chi connectivity index (χ0) is 19.1. The van der Waals surface area contributed by atoms with Crippen LogP contribution in [-0.2, 0) is 22.6 Å². The average molecular weight is 390 g/mol. The highest BCUT2D eigenvalue weighted by Gasteiger charge is 2.23. The van der Waals surface area contributed by atoms with Crippen LogP contribution in [0, 0.1) is 0 Å². The van der Waals surface area contributed by atoms with E-state index in [9.17, 15) is 9.59 Å². The first kappa shape index (κ1) is 19.3. The number of nitrogens with one attached hydrogen (secondary N) is 2. The van der Waals surface area contributed by atoms with Crippen molar-refractivity contribution in [2.24, 2.45) is 0 Å². The van der Waals surface area contributed by atoms with Crippen molar-refractivity contribution >= 4 is 23.7 Å². The number of imide groups is 1. The lowest BCUT2D eigenvalue weighted by Gasteiger charge is -2.13. The zero-order valence-electron chi connectivity index (χ0n) is 15.0. The fourth-order valence-electron chi connectivity index (χ4n) is 2.62. The molecule has 0 radical (unpaired) electrons. The van der Waals surface area contributed by atoms with Gasteiger partial charge in [-0.25, -0.2) is 9.48 Å². The van der Waals surface area contributed by atoms with Crippen molar-refractivity contribution in [3.63, 3.8) is 0 Å². The highest BCUT2D eigenvalue weighted by Crippen LogP contribution is 2.22. The summed E-state index contributed by atoms with van der Waals surface area (Å²) in [5, 5.41) is 16.6. The molecule has 2 aromatic rings. The fourth-order valence-corrected chi connectivity index (χ4v) is 3.42. The van der Waals surface area contributed by atoms with E-state index in [0.717, 1.165) is 25.0 Å². The van der Waals surface area contributed by atoms with Crippen LogP contribution >= 0.6 is 11.8 Å². The second-order valence-electron chi connectivity index (χ2n) is 6.20. The maximum absolute atomic E-state index is 12.3. The van der Waals surface area contributed by atoms with Crippen molar-refractivity contribution in [2.75, 3.05) is 6.61 Å². The number of carbonyl (C=O) groups excluding carboxylic acids is 2. The maximum Gasteiger partial charge on any atom is 0.321 e. The Bertz CT molecular complexity index is 763. The molecule has 9 nitrogen and oxygen atoms in total. The molecule has 2 N–H and O–H groups in total. The number of ether oxygens (including phenoxy) is 1. The largest absolute Gasteiger partial charge is 0.376 e. The number of urea groups is 1. The SMILES string of the molecule is C[C@H](Sc1nnnn1C[C@H]1CCCO1)C(=O)NC(=O)NCc1ccccc1. The van der Waals surface area contributed by atoms with Gasteiger partial charge in [0.1, 0.15) is 0 Å². The molecule has 144 valence electrons. The van der Waals surface area contributed by atoms with Gasteiger partial charge < -0.3 is 10.1 Å². The molecule has 3 rings (SSSR count). The van der Waals surface area contributed by atoms with Gasteiger partial charge in [-0.2, -0.15) is 0 Å².